The minimum absolute atomic E-state index is 0.00407. The number of carbonyl (C=O) groups is 1. The lowest BCUT2D eigenvalue weighted by molar-refractivity contribution is 0.0939. The van der Waals surface area contributed by atoms with E-state index >= 15 is 0 Å². The third-order valence-corrected chi connectivity index (χ3v) is 6.10. The Labute approximate surface area is 163 Å². The van der Waals surface area contributed by atoms with E-state index in [1.165, 1.54) is 25.7 Å². The van der Waals surface area contributed by atoms with E-state index in [0.29, 0.717) is 17.5 Å². The van der Waals surface area contributed by atoms with Crippen LogP contribution in [0.15, 0.2) is 29.3 Å². The van der Waals surface area contributed by atoms with Gasteiger partial charge in [0.1, 0.15) is 0 Å². The highest BCUT2D eigenvalue weighted by atomic mass is 16.1. The Morgan fingerprint density at radius 1 is 1.22 bits per heavy atom. The molecule has 1 aliphatic heterocycles. The molecule has 5 nitrogen and oxygen atoms in total. The van der Waals surface area contributed by atoms with Crippen molar-refractivity contribution in [3.63, 3.8) is 0 Å². The van der Waals surface area contributed by atoms with E-state index < -0.39 is 0 Å². The van der Waals surface area contributed by atoms with Gasteiger partial charge in [-0.3, -0.25) is 4.79 Å². The molecule has 148 valence electrons. The summed E-state index contributed by atoms with van der Waals surface area (Å²) in [4.78, 5) is 19.5. The number of likely N-dealkylation sites (tertiary alicyclic amines) is 1. The third kappa shape index (κ3) is 4.82. The van der Waals surface area contributed by atoms with Gasteiger partial charge in [-0.05, 0) is 62.6 Å². The maximum atomic E-state index is 12.2. The summed E-state index contributed by atoms with van der Waals surface area (Å²) in [5.41, 5.74) is 2.41. The molecule has 1 heterocycles. The van der Waals surface area contributed by atoms with Crippen LogP contribution in [0.2, 0.25) is 0 Å². The largest absolute Gasteiger partial charge is 0.357 e. The first kappa shape index (κ1) is 19.7. The monoisotopic (exact) mass is 370 g/mol. The topological polar surface area (TPSA) is 56.7 Å². The average molecular weight is 371 g/mol. The number of nitrogens with zero attached hydrogens (tertiary/aromatic N) is 2. The van der Waals surface area contributed by atoms with Crippen molar-refractivity contribution in [2.75, 3.05) is 19.6 Å². The molecule has 1 aliphatic carbocycles. The second-order valence-corrected chi connectivity index (χ2v) is 8.17. The predicted molar refractivity (Wildman–Crippen MR) is 111 cm³/mol. The Bertz CT molecular complexity index is 663. The molecular formula is C22H34N4O. The van der Waals surface area contributed by atoms with Gasteiger partial charge in [0, 0.05) is 31.2 Å². The molecule has 2 N–H and O–H groups in total. The molecule has 1 amide bonds. The highest BCUT2D eigenvalue weighted by Crippen LogP contribution is 2.47. The second-order valence-electron chi connectivity index (χ2n) is 8.17. The molecule has 1 spiro atoms. The lowest BCUT2D eigenvalue weighted by Crippen LogP contribution is -2.42. The molecule has 1 saturated carbocycles. The Morgan fingerprint density at radius 2 is 1.96 bits per heavy atom. The molecule has 0 aromatic heterocycles. The van der Waals surface area contributed by atoms with Gasteiger partial charge in [0.05, 0.1) is 6.54 Å². The number of aliphatic imine (C=N–C) groups is 1. The van der Waals surface area contributed by atoms with Crippen LogP contribution in [0.4, 0.5) is 0 Å². The fraction of sp³-hybridized carbons (Fsp3) is 0.636. The highest BCUT2D eigenvalue weighted by molar-refractivity contribution is 5.94. The number of benzene rings is 1. The zero-order valence-electron chi connectivity index (χ0n) is 17.1. The first-order valence-electron chi connectivity index (χ1n) is 10.5. The van der Waals surface area contributed by atoms with Crippen molar-refractivity contribution in [3.8, 4) is 0 Å². The van der Waals surface area contributed by atoms with Crippen LogP contribution in [0.1, 0.15) is 68.8 Å². The van der Waals surface area contributed by atoms with Gasteiger partial charge in [0.15, 0.2) is 5.96 Å². The molecule has 1 saturated heterocycles. The van der Waals surface area contributed by atoms with Crippen molar-refractivity contribution in [1.29, 1.82) is 0 Å². The highest BCUT2D eigenvalue weighted by Gasteiger charge is 2.43. The van der Waals surface area contributed by atoms with Crippen LogP contribution in [0.3, 0.4) is 0 Å². The van der Waals surface area contributed by atoms with Crippen molar-refractivity contribution >= 4 is 11.9 Å². The number of rotatable bonds is 6. The molecule has 1 aromatic carbocycles. The molecule has 5 heteroatoms. The van der Waals surface area contributed by atoms with E-state index in [2.05, 4.69) is 29.4 Å². The molecular weight excluding hydrogens is 336 g/mol. The average Bonchev–Trinajstić information content (AvgIpc) is 3.11. The maximum Gasteiger partial charge on any atom is 0.251 e. The van der Waals surface area contributed by atoms with Gasteiger partial charge in [-0.25, -0.2) is 4.99 Å². The number of hydrogen-bond donors (Lipinski definition) is 2. The number of amides is 1. The molecule has 3 rings (SSSR count). The van der Waals surface area contributed by atoms with E-state index in [1.54, 1.807) is 0 Å². The minimum atomic E-state index is -0.00407. The normalized spacial score (nSPS) is 19.7. The number of hydrogen-bond acceptors (Lipinski definition) is 2. The van der Waals surface area contributed by atoms with Crippen LogP contribution in [-0.4, -0.2) is 42.4 Å². The minimum Gasteiger partial charge on any atom is -0.357 e. The van der Waals surface area contributed by atoms with Crippen molar-refractivity contribution in [3.05, 3.63) is 35.4 Å². The van der Waals surface area contributed by atoms with E-state index in [-0.39, 0.29) is 11.9 Å². The number of carbonyl (C=O) groups excluding carboxylic acids is 1. The van der Waals surface area contributed by atoms with Gasteiger partial charge in [-0.1, -0.05) is 25.5 Å². The molecule has 1 aromatic rings. The summed E-state index contributed by atoms with van der Waals surface area (Å²) >= 11 is 0. The number of nitrogens with one attached hydrogen (secondary N) is 2. The van der Waals surface area contributed by atoms with Crippen LogP contribution in [0.5, 0.6) is 0 Å². The standard InChI is InChI=1S/C22H34N4O/c1-4-17(3)25-20(27)19-9-7-18(8-10-19)15-24-21(23-5-2)26-14-13-22(16-26)11-6-12-22/h7-10,17H,4-6,11-16H2,1-3H3,(H,23,24)(H,25,27). The predicted octanol–water partition coefficient (Wildman–Crippen LogP) is 3.56. The van der Waals surface area contributed by atoms with Crippen LogP contribution in [0, 0.1) is 5.41 Å². The number of guanidine groups is 1. The summed E-state index contributed by atoms with van der Waals surface area (Å²) in [5, 5.41) is 6.46. The Kier molecular flexibility index (Phi) is 6.40. The van der Waals surface area contributed by atoms with Gasteiger partial charge < -0.3 is 15.5 Å². The summed E-state index contributed by atoms with van der Waals surface area (Å²) in [6.07, 6.45) is 6.38. The van der Waals surface area contributed by atoms with Gasteiger partial charge in [0.25, 0.3) is 5.91 Å². The molecule has 0 bridgehead atoms. The fourth-order valence-corrected chi connectivity index (χ4v) is 3.96. The van der Waals surface area contributed by atoms with Crippen molar-refractivity contribution in [1.82, 2.24) is 15.5 Å². The SMILES string of the molecule is CCNC(=NCc1ccc(C(=O)NC(C)CC)cc1)N1CCC2(CCC2)C1. The van der Waals surface area contributed by atoms with Crippen LogP contribution in [-0.2, 0) is 6.54 Å². The van der Waals surface area contributed by atoms with Crippen molar-refractivity contribution < 1.29 is 4.79 Å². The fourth-order valence-electron chi connectivity index (χ4n) is 3.96. The molecule has 1 atom stereocenters. The Balaban J connectivity index is 1.60. The smallest absolute Gasteiger partial charge is 0.251 e. The molecule has 2 aliphatic rings. The summed E-state index contributed by atoms with van der Waals surface area (Å²) in [7, 11) is 0. The lowest BCUT2D eigenvalue weighted by atomic mass is 9.68. The first-order chi connectivity index (χ1) is 13.0. The zero-order chi connectivity index (χ0) is 19.3. The molecule has 1 unspecified atom stereocenters. The van der Waals surface area contributed by atoms with Crippen molar-refractivity contribution in [2.45, 2.75) is 65.5 Å². The quantitative estimate of drug-likeness (QED) is 0.595. The summed E-state index contributed by atoms with van der Waals surface area (Å²) in [6, 6.07) is 8.01. The summed E-state index contributed by atoms with van der Waals surface area (Å²) in [6.45, 7) is 10.00. The van der Waals surface area contributed by atoms with Crippen LogP contribution < -0.4 is 10.6 Å². The van der Waals surface area contributed by atoms with E-state index in [1.807, 2.05) is 31.2 Å². The lowest BCUT2D eigenvalue weighted by Gasteiger charge is -2.38. The van der Waals surface area contributed by atoms with Gasteiger partial charge >= 0.3 is 0 Å². The molecule has 2 fully saturated rings. The van der Waals surface area contributed by atoms with Gasteiger partial charge in [-0.2, -0.15) is 0 Å². The maximum absolute atomic E-state index is 12.2. The van der Waals surface area contributed by atoms with Crippen molar-refractivity contribution in [2.24, 2.45) is 10.4 Å². The van der Waals surface area contributed by atoms with Crippen LogP contribution in [0.25, 0.3) is 0 Å². The Hall–Kier alpha value is -2.04. The van der Waals surface area contributed by atoms with E-state index in [0.717, 1.165) is 37.6 Å². The van der Waals surface area contributed by atoms with Gasteiger partial charge in [0.2, 0.25) is 0 Å². The van der Waals surface area contributed by atoms with Gasteiger partial charge in [-0.15, -0.1) is 0 Å². The van der Waals surface area contributed by atoms with Crippen LogP contribution >= 0.6 is 0 Å². The molecule has 27 heavy (non-hydrogen) atoms. The zero-order valence-corrected chi connectivity index (χ0v) is 17.1. The summed E-state index contributed by atoms with van der Waals surface area (Å²) < 4.78 is 0. The molecule has 0 radical (unpaired) electrons. The first-order valence-corrected chi connectivity index (χ1v) is 10.5. The third-order valence-electron chi connectivity index (χ3n) is 6.10. The van der Waals surface area contributed by atoms with E-state index in [4.69, 9.17) is 4.99 Å². The Morgan fingerprint density at radius 3 is 2.52 bits per heavy atom. The van der Waals surface area contributed by atoms with E-state index in [9.17, 15) is 4.79 Å². The second kappa shape index (κ2) is 8.77. The summed E-state index contributed by atoms with van der Waals surface area (Å²) in [5.74, 6) is 1.02.